The fourth-order valence-corrected chi connectivity index (χ4v) is 3.96. The summed E-state index contributed by atoms with van der Waals surface area (Å²) in [6.07, 6.45) is 4.34. The van der Waals surface area contributed by atoms with E-state index in [0.717, 1.165) is 5.92 Å². The molecule has 0 N–H and O–H groups in total. The van der Waals surface area contributed by atoms with Crippen LogP contribution in [0, 0.1) is 5.92 Å². The predicted molar refractivity (Wildman–Crippen MR) is 56.6 cm³/mol. The topological polar surface area (TPSA) is 0 Å². The van der Waals surface area contributed by atoms with E-state index in [0.29, 0.717) is 11.1 Å². The molecule has 14 heavy (non-hydrogen) atoms. The Morgan fingerprint density at radius 2 is 1.43 bits per heavy atom. The maximum atomic E-state index is 2.47. The minimum Gasteiger partial charge on any atom is -1.00 e. The third-order valence-corrected chi connectivity index (χ3v) is 5.23. The molecule has 0 unspecified atom stereocenters. The highest BCUT2D eigenvalue weighted by Gasteiger charge is 2.59. The zero-order valence-corrected chi connectivity index (χ0v) is 12.4. The first kappa shape index (κ1) is 12.8. The van der Waals surface area contributed by atoms with Crippen LogP contribution in [0.25, 0.3) is 0 Å². The van der Waals surface area contributed by atoms with Crippen LogP contribution >= 0.6 is 0 Å². The van der Waals surface area contributed by atoms with Gasteiger partial charge in [-0.3, -0.25) is 0 Å². The van der Waals surface area contributed by atoms with Gasteiger partial charge in [0.15, 0.2) is 0 Å². The highest BCUT2D eigenvalue weighted by molar-refractivity contribution is 4.93. The molecule has 0 amide bonds. The summed E-state index contributed by atoms with van der Waals surface area (Å²) >= 11 is 0. The zero-order valence-electron chi connectivity index (χ0n) is 10.2. The average molecular weight is 309 g/mol. The van der Waals surface area contributed by atoms with Crippen molar-refractivity contribution in [1.82, 2.24) is 0 Å². The van der Waals surface area contributed by atoms with Crippen molar-refractivity contribution in [2.75, 3.05) is 13.6 Å². The second-order valence-corrected chi connectivity index (χ2v) is 6.60. The van der Waals surface area contributed by atoms with Crippen molar-refractivity contribution in [2.45, 2.75) is 58.0 Å². The van der Waals surface area contributed by atoms with Gasteiger partial charge in [0.1, 0.15) is 0 Å². The molecule has 0 aliphatic carbocycles. The second kappa shape index (κ2) is 3.34. The van der Waals surface area contributed by atoms with Gasteiger partial charge in [-0.15, -0.1) is 0 Å². The molecule has 0 spiro atoms. The van der Waals surface area contributed by atoms with E-state index in [-0.39, 0.29) is 24.0 Å². The van der Waals surface area contributed by atoms with E-state index in [1.54, 1.807) is 0 Å². The van der Waals surface area contributed by atoms with Crippen LogP contribution in [-0.4, -0.2) is 29.2 Å². The van der Waals surface area contributed by atoms with Crippen molar-refractivity contribution in [3.63, 3.8) is 0 Å². The molecule has 2 heteroatoms. The molecule has 0 radical (unpaired) electrons. The van der Waals surface area contributed by atoms with Gasteiger partial charge < -0.3 is 28.5 Å². The molecule has 3 fully saturated rings. The lowest BCUT2D eigenvalue weighted by Gasteiger charge is -2.65. The van der Waals surface area contributed by atoms with Gasteiger partial charge in [0.05, 0.1) is 24.7 Å². The Morgan fingerprint density at radius 1 is 1.00 bits per heavy atom. The molecular formula is C12H24IN. The number of nitrogens with zero attached hydrogens (tertiary/aromatic N) is 1. The lowest BCUT2D eigenvalue weighted by molar-refractivity contribution is -1.01. The molecule has 2 bridgehead atoms. The van der Waals surface area contributed by atoms with E-state index in [9.17, 15) is 0 Å². The number of piperidine rings is 3. The van der Waals surface area contributed by atoms with Crippen LogP contribution < -0.4 is 24.0 Å². The van der Waals surface area contributed by atoms with Crippen molar-refractivity contribution in [2.24, 2.45) is 5.92 Å². The Labute approximate surface area is 106 Å². The third kappa shape index (κ3) is 1.44. The number of rotatable bonds is 0. The molecule has 0 aromatic heterocycles. The third-order valence-electron chi connectivity index (χ3n) is 5.23. The van der Waals surface area contributed by atoms with Gasteiger partial charge in [0, 0.05) is 12.8 Å². The first-order chi connectivity index (χ1) is 5.79. The number of hydrogen-bond acceptors (Lipinski definition) is 0. The summed E-state index contributed by atoms with van der Waals surface area (Å²) in [5.74, 6) is 1.00. The normalized spacial score (nSPS) is 43.1. The lowest BCUT2D eigenvalue weighted by Crippen LogP contribution is -3.00. The number of halogens is 1. The molecule has 3 rings (SSSR count). The highest BCUT2D eigenvalue weighted by Crippen LogP contribution is 2.51. The van der Waals surface area contributed by atoms with Crippen molar-refractivity contribution in [3.8, 4) is 0 Å². The van der Waals surface area contributed by atoms with Crippen molar-refractivity contribution in [1.29, 1.82) is 0 Å². The van der Waals surface area contributed by atoms with E-state index in [4.69, 9.17) is 0 Å². The van der Waals surface area contributed by atoms with Gasteiger partial charge in [0.25, 0.3) is 0 Å². The molecule has 3 saturated heterocycles. The molecular weight excluding hydrogens is 285 g/mol. The smallest absolute Gasteiger partial charge is 0.0940 e. The van der Waals surface area contributed by atoms with Crippen LogP contribution in [0.15, 0.2) is 0 Å². The molecule has 3 aliphatic heterocycles. The van der Waals surface area contributed by atoms with Gasteiger partial charge in [0.2, 0.25) is 0 Å². The summed E-state index contributed by atoms with van der Waals surface area (Å²) in [7, 11) is 2.47. The van der Waals surface area contributed by atoms with E-state index < -0.39 is 0 Å². The largest absolute Gasteiger partial charge is 1.00 e. The van der Waals surface area contributed by atoms with Gasteiger partial charge in [-0.1, -0.05) is 0 Å². The summed E-state index contributed by atoms with van der Waals surface area (Å²) in [6, 6.07) is 0. The fraction of sp³-hybridized carbons (Fsp3) is 1.00. The minimum atomic E-state index is 0. The summed E-state index contributed by atoms with van der Waals surface area (Å²) in [6.45, 7) is 11.2. The number of hydrogen-bond donors (Lipinski definition) is 0. The summed E-state index contributed by atoms with van der Waals surface area (Å²) in [5, 5.41) is 0. The summed E-state index contributed by atoms with van der Waals surface area (Å²) in [5.41, 5.74) is 1.01. The maximum absolute atomic E-state index is 2.47. The molecule has 0 atom stereocenters. The molecule has 0 aromatic carbocycles. The van der Waals surface area contributed by atoms with Crippen LogP contribution in [-0.2, 0) is 0 Å². The Balaban J connectivity index is 0.000000980. The number of quaternary nitrogens is 1. The lowest BCUT2D eigenvalue weighted by atomic mass is 9.66. The van der Waals surface area contributed by atoms with Crippen molar-refractivity contribution >= 4 is 0 Å². The Bertz CT molecular complexity index is 214. The average Bonchev–Trinajstić information content (AvgIpc) is 1.92. The minimum absolute atomic E-state index is 0. The van der Waals surface area contributed by atoms with E-state index >= 15 is 0 Å². The Morgan fingerprint density at radius 3 is 1.71 bits per heavy atom. The van der Waals surface area contributed by atoms with Gasteiger partial charge in [-0.2, -0.15) is 0 Å². The van der Waals surface area contributed by atoms with Gasteiger partial charge in [-0.05, 0) is 40.0 Å². The summed E-state index contributed by atoms with van der Waals surface area (Å²) < 4.78 is 1.29. The van der Waals surface area contributed by atoms with Crippen molar-refractivity contribution < 1.29 is 28.5 Å². The zero-order chi connectivity index (χ0) is 9.91. The molecule has 84 valence electrons. The van der Waals surface area contributed by atoms with E-state index in [1.807, 2.05) is 0 Å². The quantitative estimate of drug-likeness (QED) is 0.430. The van der Waals surface area contributed by atoms with Crippen LogP contribution in [0.1, 0.15) is 47.0 Å². The predicted octanol–water partition coefficient (Wildman–Crippen LogP) is -0.192. The van der Waals surface area contributed by atoms with Crippen molar-refractivity contribution in [3.05, 3.63) is 0 Å². The molecule has 1 nitrogen and oxygen atoms in total. The molecule has 0 saturated carbocycles. The standard InChI is InChI=1S/C12H24N.HI/c1-11(2)8-10-6-7-13(11,5)12(3,4)9-10;/h10H,6-9H2,1-5H3;1H/q+1;/p-1. The molecule has 0 aromatic rings. The Kier molecular flexibility index (Phi) is 3.04. The van der Waals surface area contributed by atoms with Gasteiger partial charge in [-0.25, -0.2) is 0 Å². The summed E-state index contributed by atoms with van der Waals surface area (Å²) in [4.78, 5) is 0. The highest BCUT2D eigenvalue weighted by atomic mass is 127. The van der Waals surface area contributed by atoms with Crippen LogP contribution in [0.2, 0.25) is 0 Å². The Hall–Kier alpha value is 0.690. The first-order valence-electron chi connectivity index (χ1n) is 5.64. The monoisotopic (exact) mass is 309 g/mol. The van der Waals surface area contributed by atoms with Crippen LogP contribution in [0.4, 0.5) is 0 Å². The molecule has 3 aliphatic rings. The maximum Gasteiger partial charge on any atom is 0.0940 e. The van der Waals surface area contributed by atoms with E-state index in [2.05, 4.69) is 34.7 Å². The van der Waals surface area contributed by atoms with Gasteiger partial charge >= 0.3 is 0 Å². The van der Waals surface area contributed by atoms with E-state index in [1.165, 1.54) is 30.3 Å². The fourth-order valence-electron chi connectivity index (χ4n) is 3.96. The van der Waals surface area contributed by atoms with Crippen LogP contribution in [0.5, 0.6) is 0 Å². The number of fused-ring (bicyclic) bond motifs is 3. The molecule has 3 heterocycles. The second-order valence-electron chi connectivity index (χ2n) is 6.60. The van der Waals surface area contributed by atoms with Crippen LogP contribution in [0.3, 0.4) is 0 Å². The SMILES string of the molecule is CC1(C)CC2CC[N+]1(C)C(C)(C)C2.[I-]. The first-order valence-corrected chi connectivity index (χ1v) is 5.64.